The van der Waals surface area contributed by atoms with Gasteiger partial charge in [0, 0.05) is 17.8 Å². The molecule has 3 rings (SSSR count). The van der Waals surface area contributed by atoms with Gasteiger partial charge >= 0.3 is 0 Å². The molecule has 0 bridgehead atoms. The topological polar surface area (TPSA) is 88.2 Å². The van der Waals surface area contributed by atoms with Crippen molar-refractivity contribution in [3.8, 4) is 0 Å². The number of amides is 1. The molecule has 8 heteroatoms. The molecule has 2 aromatic rings. The van der Waals surface area contributed by atoms with Gasteiger partial charge in [0.05, 0.1) is 10.6 Å². The lowest BCUT2D eigenvalue weighted by atomic mass is 10.1. The maximum Gasteiger partial charge on any atom is 0.263 e. The van der Waals surface area contributed by atoms with Crippen LogP contribution >= 0.6 is 11.3 Å². The number of carbonyl (C=O) groups excluding carboxylic acids is 1. The number of benzene rings is 1. The highest BCUT2D eigenvalue weighted by atomic mass is 32.2. The van der Waals surface area contributed by atoms with Gasteiger partial charge in [0.1, 0.15) is 0 Å². The van der Waals surface area contributed by atoms with Gasteiger partial charge in [-0.3, -0.25) is 9.52 Å². The Labute approximate surface area is 170 Å². The minimum absolute atomic E-state index is 0.0432. The molecule has 1 heterocycles. The van der Waals surface area contributed by atoms with Crippen LogP contribution in [0.3, 0.4) is 0 Å². The molecule has 0 spiro atoms. The highest BCUT2D eigenvalue weighted by molar-refractivity contribution is 7.93. The van der Waals surface area contributed by atoms with E-state index in [0.29, 0.717) is 24.0 Å². The SMILES string of the molecule is Cc1ccc(S(=O)(=O)Nc2nc(CCC(=O)NC3CCCCCC3)cs2)cc1. The van der Waals surface area contributed by atoms with Crippen LogP contribution in [0.4, 0.5) is 5.13 Å². The van der Waals surface area contributed by atoms with Gasteiger partial charge in [0.2, 0.25) is 5.91 Å². The van der Waals surface area contributed by atoms with E-state index in [0.717, 1.165) is 24.1 Å². The van der Waals surface area contributed by atoms with Crippen molar-refractivity contribution in [2.75, 3.05) is 4.72 Å². The smallest absolute Gasteiger partial charge is 0.263 e. The van der Waals surface area contributed by atoms with E-state index in [4.69, 9.17) is 0 Å². The van der Waals surface area contributed by atoms with Crippen LogP contribution < -0.4 is 10.0 Å². The van der Waals surface area contributed by atoms with E-state index in [2.05, 4.69) is 15.0 Å². The molecule has 1 saturated carbocycles. The Morgan fingerprint density at radius 2 is 1.82 bits per heavy atom. The van der Waals surface area contributed by atoms with E-state index in [9.17, 15) is 13.2 Å². The summed E-state index contributed by atoms with van der Waals surface area (Å²) in [7, 11) is -3.65. The first-order valence-electron chi connectivity index (χ1n) is 9.76. The molecular weight excluding hydrogens is 394 g/mol. The Balaban J connectivity index is 1.51. The number of thiazole rings is 1. The summed E-state index contributed by atoms with van der Waals surface area (Å²) in [6.45, 7) is 1.91. The molecule has 152 valence electrons. The second kappa shape index (κ2) is 9.52. The van der Waals surface area contributed by atoms with Crippen LogP contribution in [0, 0.1) is 6.92 Å². The third-order valence-electron chi connectivity index (χ3n) is 4.93. The van der Waals surface area contributed by atoms with Crippen LogP contribution in [0.1, 0.15) is 56.2 Å². The van der Waals surface area contributed by atoms with Crippen LogP contribution in [-0.2, 0) is 21.2 Å². The van der Waals surface area contributed by atoms with Crippen LogP contribution in [0.5, 0.6) is 0 Å². The maximum absolute atomic E-state index is 12.4. The molecule has 0 aliphatic heterocycles. The maximum atomic E-state index is 12.4. The van der Waals surface area contributed by atoms with Crippen LogP contribution in [0.2, 0.25) is 0 Å². The van der Waals surface area contributed by atoms with Crippen molar-refractivity contribution < 1.29 is 13.2 Å². The van der Waals surface area contributed by atoms with E-state index in [1.165, 1.54) is 37.0 Å². The van der Waals surface area contributed by atoms with Gasteiger partial charge in [0.15, 0.2) is 5.13 Å². The zero-order valence-electron chi connectivity index (χ0n) is 16.1. The Morgan fingerprint density at radius 1 is 1.14 bits per heavy atom. The monoisotopic (exact) mass is 421 g/mol. The number of hydrogen-bond acceptors (Lipinski definition) is 5. The molecule has 1 aromatic carbocycles. The van der Waals surface area contributed by atoms with Gasteiger partial charge in [-0.2, -0.15) is 0 Å². The number of aromatic nitrogens is 1. The summed E-state index contributed by atoms with van der Waals surface area (Å²) in [5, 5.41) is 5.24. The normalized spacial score (nSPS) is 15.8. The average Bonchev–Trinajstić information content (AvgIpc) is 2.93. The molecule has 1 fully saturated rings. The van der Waals surface area contributed by atoms with E-state index < -0.39 is 10.0 Å². The zero-order valence-corrected chi connectivity index (χ0v) is 17.7. The predicted octanol–water partition coefficient (Wildman–Crippen LogP) is 4.02. The molecule has 2 N–H and O–H groups in total. The highest BCUT2D eigenvalue weighted by Crippen LogP contribution is 2.21. The lowest BCUT2D eigenvalue weighted by Crippen LogP contribution is -2.34. The number of sulfonamides is 1. The van der Waals surface area contributed by atoms with Crippen molar-refractivity contribution in [3.05, 3.63) is 40.9 Å². The number of rotatable bonds is 7. The first-order chi connectivity index (χ1) is 13.4. The van der Waals surface area contributed by atoms with E-state index in [1.54, 1.807) is 29.6 Å². The molecule has 1 aliphatic rings. The second-order valence-electron chi connectivity index (χ2n) is 7.32. The van der Waals surface area contributed by atoms with Gasteiger partial charge in [-0.15, -0.1) is 11.3 Å². The Bertz CT molecular complexity index is 884. The van der Waals surface area contributed by atoms with Gasteiger partial charge in [-0.05, 0) is 38.3 Å². The Morgan fingerprint density at radius 3 is 2.50 bits per heavy atom. The molecule has 28 heavy (non-hydrogen) atoms. The fraction of sp³-hybridized carbons (Fsp3) is 0.500. The van der Waals surface area contributed by atoms with E-state index in [1.807, 2.05) is 6.92 Å². The van der Waals surface area contributed by atoms with Crippen molar-refractivity contribution in [1.82, 2.24) is 10.3 Å². The summed E-state index contributed by atoms with van der Waals surface area (Å²) in [6.07, 6.45) is 7.87. The van der Waals surface area contributed by atoms with E-state index in [-0.39, 0.29) is 10.8 Å². The predicted molar refractivity (Wildman–Crippen MR) is 112 cm³/mol. The molecule has 1 aliphatic carbocycles. The molecule has 1 amide bonds. The first-order valence-corrected chi connectivity index (χ1v) is 12.1. The molecular formula is C20H27N3O3S2. The molecule has 6 nitrogen and oxygen atoms in total. The van der Waals surface area contributed by atoms with Gasteiger partial charge < -0.3 is 5.32 Å². The fourth-order valence-corrected chi connectivity index (χ4v) is 5.32. The molecule has 1 aromatic heterocycles. The number of anilines is 1. The number of nitrogens with one attached hydrogen (secondary N) is 2. The zero-order chi connectivity index (χ0) is 20.0. The summed E-state index contributed by atoms with van der Waals surface area (Å²) in [5.74, 6) is 0.0432. The van der Waals surface area contributed by atoms with Crippen molar-refractivity contribution in [1.29, 1.82) is 0 Å². The van der Waals surface area contributed by atoms with E-state index >= 15 is 0 Å². The van der Waals surface area contributed by atoms with Gasteiger partial charge in [0.25, 0.3) is 10.0 Å². The third kappa shape index (κ3) is 6.04. The van der Waals surface area contributed by atoms with Crippen LogP contribution in [0.25, 0.3) is 0 Å². The Hall–Kier alpha value is -1.93. The molecule has 0 saturated heterocycles. The summed E-state index contributed by atoms with van der Waals surface area (Å²) in [4.78, 5) is 16.7. The summed E-state index contributed by atoms with van der Waals surface area (Å²) in [6, 6.07) is 6.96. The van der Waals surface area contributed by atoms with Gasteiger partial charge in [-0.1, -0.05) is 43.4 Å². The summed E-state index contributed by atoms with van der Waals surface area (Å²) >= 11 is 1.23. The largest absolute Gasteiger partial charge is 0.353 e. The Kier molecular flexibility index (Phi) is 7.07. The minimum atomic E-state index is -3.65. The minimum Gasteiger partial charge on any atom is -0.353 e. The fourth-order valence-electron chi connectivity index (χ4n) is 3.33. The van der Waals surface area contributed by atoms with Crippen molar-refractivity contribution in [2.45, 2.75) is 69.2 Å². The quantitative estimate of drug-likeness (QED) is 0.661. The van der Waals surface area contributed by atoms with Gasteiger partial charge in [-0.25, -0.2) is 13.4 Å². The number of hydrogen-bond donors (Lipinski definition) is 2. The molecule has 0 atom stereocenters. The van der Waals surface area contributed by atoms with Crippen LogP contribution in [0.15, 0.2) is 34.5 Å². The average molecular weight is 422 g/mol. The lowest BCUT2D eigenvalue weighted by molar-refractivity contribution is -0.121. The van der Waals surface area contributed by atoms with Crippen molar-refractivity contribution >= 4 is 32.4 Å². The van der Waals surface area contributed by atoms with Crippen molar-refractivity contribution in [2.24, 2.45) is 0 Å². The second-order valence-corrected chi connectivity index (χ2v) is 9.86. The molecule has 0 radical (unpaired) electrons. The number of carbonyl (C=O) groups is 1. The lowest BCUT2D eigenvalue weighted by Gasteiger charge is -2.15. The van der Waals surface area contributed by atoms with Crippen molar-refractivity contribution in [3.63, 3.8) is 0 Å². The number of nitrogens with zero attached hydrogens (tertiary/aromatic N) is 1. The summed E-state index contributed by atoms with van der Waals surface area (Å²) in [5.41, 5.74) is 1.72. The molecule has 0 unspecified atom stereocenters. The first kappa shape index (κ1) is 20.8. The standard InChI is InChI=1S/C20H27N3O3S2/c1-15-8-11-18(12-9-15)28(25,26)23-20-22-17(14-27-20)10-13-19(24)21-16-6-4-2-3-5-7-16/h8-9,11-12,14,16H,2-7,10,13H2,1H3,(H,21,24)(H,22,23). The third-order valence-corrected chi connectivity index (χ3v) is 7.22. The number of aryl methyl sites for hydroxylation is 2. The highest BCUT2D eigenvalue weighted by Gasteiger charge is 2.17. The summed E-state index contributed by atoms with van der Waals surface area (Å²) < 4.78 is 27.4. The van der Waals surface area contributed by atoms with Crippen LogP contribution in [-0.4, -0.2) is 25.4 Å².